The van der Waals surface area contributed by atoms with Gasteiger partial charge in [0, 0.05) is 26.9 Å². The monoisotopic (exact) mass is 239 g/mol. The minimum Gasteiger partial charge on any atom is -0.472 e. The second-order valence-corrected chi connectivity index (χ2v) is 4.56. The van der Waals surface area contributed by atoms with Crippen molar-refractivity contribution < 1.29 is 4.42 Å². The Morgan fingerprint density at radius 3 is 2.87 bits per heavy atom. The number of rotatable bonds is 3. The van der Waals surface area contributed by atoms with Crippen LogP contribution in [0.25, 0.3) is 0 Å². The van der Waals surface area contributed by atoms with Crippen LogP contribution in [0.2, 0.25) is 5.02 Å². The molecule has 1 aromatic carbocycles. The van der Waals surface area contributed by atoms with Gasteiger partial charge in [-0.05, 0) is 24.3 Å². The fourth-order valence-electron chi connectivity index (χ4n) is 1.19. The molecule has 0 bridgehead atoms. The molecule has 1 heterocycles. The molecular weight excluding hydrogens is 230 g/mol. The van der Waals surface area contributed by atoms with Crippen LogP contribution in [0.4, 0.5) is 5.69 Å². The molecule has 0 radical (unpaired) electrons. The number of hydrogen-bond donors (Lipinski definition) is 1. The zero-order chi connectivity index (χ0) is 10.7. The van der Waals surface area contributed by atoms with Gasteiger partial charge >= 0.3 is 0 Å². The first-order valence-corrected chi connectivity index (χ1v) is 5.81. The Morgan fingerprint density at radius 1 is 1.33 bits per heavy atom. The van der Waals surface area contributed by atoms with Gasteiger partial charge in [-0.1, -0.05) is 11.6 Å². The summed E-state index contributed by atoms with van der Waals surface area (Å²) in [6.45, 7) is 0. The molecule has 15 heavy (non-hydrogen) atoms. The highest BCUT2D eigenvalue weighted by molar-refractivity contribution is 7.98. The van der Waals surface area contributed by atoms with Gasteiger partial charge in [0.05, 0.1) is 12.5 Å². The average Bonchev–Trinajstić information content (AvgIpc) is 2.69. The maximum Gasteiger partial charge on any atom is 0.0943 e. The number of anilines is 1. The SMILES string of the molecule is Nc1cc(Cl)ccc1SCc1ccoc1. The van der Waals surface area contributed by atoms with Crippen LogP contribution in [0.3, 0.4) is 0 Å². The van der Waals surface area contributed by atoms with E-state index in [2.05, 4.69) is 0 Å². The average molecular weight is 240 g/mol. The Morgan fingerprint density at radius 2 is 2.20 bits per heavy atom. The van der Waals surface area contributed by atoms with Crippen LogP contribution < -0.4 is 5.73 Å². The van der Waals surface area contributed by atoms with Crippen LogP contribution in [0.1, 0.15) is 5.56 Å². The van der Waals surface area contributed by atoms with Crippen LogP contribution in [0.5, 0.6) is 0 Å². The van der Waals surface area contributed by atoms with Crippen LogP contribution >= 0.6 is 23.4 Å². The first-order valence-electron chi connectivity index (χ1n) is 4.44. The predicted octanol–water partition coefficient (Wildman–Crippen LogP) is 3.81. The van der Waals surface area contributed by atoms with Crippen LogP contribution in [-0.4, -0.2) is 0 Å². The van der Waals surface area contributed by atoms with Crippen LogP contribution in [-0.2, 0) is 5.75 Å². The van der Waals surface area contributed by atoms with Crippen molar-refractivity contribution in [2.45, 2.75) is 10.6 Å². The molecule has 0 aliphatic carbocycles. The largest absolute Gasteiger partial charge is 0.472 e. The smallest absolute Gasteiger partial charge is 0.0943 e. The van der Waals surface area contributed by atoms with E-state index in [1.807, 2.05) is 18.2 Å². The molecule has 0 saturated heterocycles. The highest BCUT2D eigenvalue weighted by Crippen LogP contribution is 2.30. The van der Waals surface area contributed by atoms with E-state index in [1.54, 1.807) is 30.4 Å². The van der Waals surface area contributed by atoms with Gasteiger partial charge in [0.1, 0.15) is 0 Å². The second-order valence-electron chi connectivity index (χ2n) is 3.10. The summed E-state index contributed by atoms with van der Waals surface area (Å²) < 4.78 is 4.99. The third kappa shape index (κ3) is 2.70. The molecule has 0 spiro atoms. The van der Waals surface area contributed by atoms with E-state index < -0.39 is 0 Å². The van der Waals surface area contributed by atoms with E-state index in [0.717, 1.165) is 21.9 Å². The molecule has 2 N–H and O–H groups in total. The van der Waals surface area contributed by atoms with E-state index in [9.17, 15) is 0 Å². The maximum absolute atomic E-state index is 5.83. The number of furan rings is 1. The van der Waals surface area contributed by atoms with Crippen molar-refractivity contribution in [1.29, 1.82) is 0 Å². The number of nitrogens with two attached hydrogens (primary N) is 1. The summed E-state index contributed by atoms with van der Waals surface area (Å²) in [5.74, 6) is 0.850. The topological polar surface area (TPSA) is 39.2 Å². The van der Waals surface area contributed by atoms with Gasteiger partial charge < -0.3 is 10.2 Å². The summed E-state index contributed by atoms with van der Waals surface area (Å²) in [5.41, 5.74) is 7.70. The Balaban J connectivity index is 2.05. The Hall–Kier alpha value is -1.06. The van der Waals surface area contributed by atoms with E-state index in [4.69, 9.17) is 21.8 Å². The van der Waals surface area contributed by atoms with Crippen molar-refractivity contribution in [3.05, 3.63) is 47.4 Å². The molecule has 2 nitrogen and oxygen atoms in total. The number of hydrogen-bond acceptors (Lipinski definition) is 3. The Kier molecular flexibility index (Phi) is 3.23. The normalized spacial score (nSPS) is 10.5. The quantitative estimate of drug-likeness (QED) is 0.654. The molecule has 0 saturated carbocycles. The maximum atomic E-state index is 5.83. The standard InChI is InChI=1S/C11H10ClNOS/c12-9-1-2-11(10(13)5-9)15-7-8-3-4-14-6-8/h1-6H,7,13H2. The second kappa shape index (κ2) is 4.64. The Labute approximate surface area is 97.4 Å². The lowest BCUT2D eigenvalue weighted by Gasteiger charge is -2.04. The number of benzene rings is 1. The van der Waals surface area contributed by atoms with Gasteiger partial charge in [-0.15, -0.1) is 11.8 Å². The van der Waals surface area contributed by atoms with Crippen molar-refractivity contribution in [1.82, 2.24) is 0 Å². The molecule has 2 aromatic rings. The summed E-state index contributed by atoms with van der Waals surface area (Å²) in [5, 5.41) is 0.667. The third-order valence-electron chi connectivity index (χ3n) is 1.95. The van der Waals surface area contributed by atoms with Crippen LogP contribution in [0, 0.1) is 0 Å². The molecule has 0 unspecified atom stereocenters. The van der Waals surface area contributed by atoms with Crippen molar-refractivity contribution in [2.24, 2.45) is 0 Å². The highest BCUT2D eigenvalue weighted by atomic mass is 35.5. The van der Waals surface area contributed by atoms with Crippen LogP contribution in [0.15, 0.2) is 46.1 Å². The van der Waals surface area contributed by atoms with Gasteiger partial charge in [-0.2, -0.15) is 0 Å². The molecular formula is C11H10ClNOS. The zero-order valence-electron chi connectivity index (χ0n) is 7.94. The number of thioether (sulfide) groups is 1. The molecule has 1 aromatic heterocycles. The fourth-order valence-corrected chi connectivity index (χ4v) is 2.24. The zero-order valence-corrected chi connectivity index (χ0v) is 9.52. The first kappa shape index (κ1) is 10.5. The van der Waals surface area contributed by atoms with E-state index in [1.165, 1.54) is 0 Å². The molecule has 4 heteroatoms. The molecule has 0 amide bonds. The van der Waals surface area contributed by atoms with Gasteiger partial charge in [-0.25, -0.2) is 0 Å². The van der Waals surface area contributed by atoms with Gasteiger partial charge in [0.15, 0.2) is 0 Å². The lowest BCUT2D eigenvalue weighted by Crippen LogP contribution is -1.88. The van der Waals surface area contributed by atoms with Crippen molar-refractivity contribution >= 4 is 29.1 Å². The Bertz CT molecular complexity index is 442. The van der Waals surface area contributed by atoms with Gasteiger partial charge in [0.25, 0.3) is 0 Å². The molecule has 0 aliphatic rings. The molecule has 2 rings (SSSR count). The highest BCUT2D eigenvalue weighted by Gasteiger charge is 2.02. The lowest BCUT2D eigenvalue weighted by atomic mass is 10.3. The van der Waals surface area contributed by atoms with Crippen molar-refractivity contribution in [3.8, 4) is 0 Å². The van der Waals surface area contributed by atoms with E-state index in [-0.39, 0.29) is 0 Å². The minimum atomic E-state index is 0.667. The molecule has 78 valence electrons. The van der Waals surface area contributed by atoms with E-state index in [0.29, 0.717) is 5.02 Å². The van der Waals surface area contributed by atoms with Gasteiger partial charge in [-0.3, -0.25) is 0 Å². The molecule has 0 aliphatic heterocycles. The summed E-state index contributed by atoms with van der Waals surface area (Å²) >= 11 is 7.48. The van der Waals surface area contributed by atoms with E-state index >= 15 is 0 Å². The number of halogens is 1. The summed E-state index contributed by atoms with van der Waals surface area (Å²) in [4.78, 5) is 1.04. The molecule has 0 atom stereocenters. The number of nitrogen functional groups attached to an aromatic ring is 1. The minimum absolute atomic E-state index is 0.667. The fraction of sp³-hybridized carbons (Fsp3) is 0.0909. The van der Waals surface area contributed by atoms with Crippen molar-refractivity contribution in [2.75, 3.05) is 5.73 Å². The molecule has 0 fully saturated rings. The van der Waals surface area contributed by atoms with Gasteiger partial charge in [0.2, 0.25) is 0 Å². The third-order valence-corrected chi connectivity index (χ3v) is 3.34. The summed E-state index contributed by atoms with van der Waals surface area (Å²) in [6, 6.07) is 7.48. The summed E-state index contributed by atoms with van der Waals surface area (Å²) in [6.07, 6.45) is 3.40. The lowest BCUT2D eigenvalue weighted by molar-refractivity contribution is 0.565. The summed E-state index contributed by atoms with van der Waals surface area (Å²) in [7, 11) is 0. The predicted molar refractivity (Wildman–Crippen MR) is 64.1 cm³/mol. The first-order chi connectivity index (χ1) is 7.25. The van der Waals surface area contributed by atoms with Crippen molar-refractivity contribution in [3.63, 3.8) is 0 Å².